The molecule has 19 heavy (non-hydrogen) atoms. The summed E-state index contributed by atoms with van der Waals surface area (Å²) in [6.45, 7) is 2.76. The number of hydrogen-bond donors (Lipinski definition) is 2. The lowest BCUT2D eigenvalue weighted by atomic mass is 9.98. The lowest BCUT2D eigenvalue weighted by molar-refractivity contribution is 0.0448. The molecule has 2 N–H and O–H groups in total. The minimum Gasteiger partial charge on any atom is -0.391 e. The largest absolute Gasteiger partial charge is 0.391 e. The molecule has 0 saturated carbocycles. The molecule has 0 unspecified atom stereocenters. The third kappa shape index (κ3) is 2.62. The fourth-order valence-corrected chi connectivity index (χ4v) is 2.43. The Morgan fingerprint density at radius 3 is 2.32 bits per heavy atom. The average molecular weight is 302 g/mol. The SMILES string of the molecule is CC(C)(O)c1onc(-c2c(Cl)cccc2Cl)c1CO. The molecule has 102 valence electrons. The van der Waals surface area contributed by atoms with Crippen LogP contribution in [0.4, 0.5) is 0 Å². The van der Waals surface area contributed by atoms with Crippen LogP contribution >= 0.6 is 23.2 Å². The van der Waals surface area contributed by atoms with E-state index in [0.29, 0.717) is 26.9 Å². The molecule has 0 aliphatic rings. The van der Waals surface area contributed by atoms with Crippen LogP contribution in [-0.4, -0.2) is 15.4 Å². The molecule has 2 aromatic rings. The van der Waals surface area contributed by atoms with Gasteiger partial charge in [0.1, 0.15) is 11.3 Å². The first-order valence-electron chi connectivity index (χ1n) is 5.63. The lowest BCUT2D eigenvalue weighted by Crippen LogP contribution is -2.16. The van der Waals surface area contributed by atoms with Gasteiger partial charge in [0.05, 0.1) is 22.2 Å². The first-order chi connectivity index (χ1) is 8.86. The van der Waals surface area contributed by atoms with Gasteiger partial charge in [-0.25, -0.2) is 0 Å². The maximum Gasteiger partial charge on any atom is 0.173 e. The van der Waals surface area contributed by atoms with E-state index < -0.39 is 5.60 Å². The molecule has 4 nitrogen and oxygen atoms in total. The van der Waals surface area contributed by atoms with Gasteiger partial charge in [0, 0.05) is 5.56 Å². The fraction of sp³-hybridized carbons (Fsp3) is 0.308. The number of aromatic nitrogens is 1. The predicted molar refractivity (Wildman–Crippen MR) is 73.1 cm³/mol. The van der Waals surface area contributed by atoms with Crippen LogP contribution < -0.4 is 0 Å². The van der Waals surface area contributed by atoms with Gasteiger partial charge in [0.15, 0.2) is 5.76 Å². The first kappa shape index (κ1) is 14.3. The maximum absolute atomic E-state index is 9.99. The highest BCUT2D eigenvalue weighted by atomic mass is 35.5. The van der Waals surface area contributed by atoms with Gasteiger partial charge < -0.3 is 14.7 Å². The molecule has 6 heteroatoms. The standard InChI is InChI=1S/C13H13Cl2NO3/c1-13(2,18)12-7(6-17)11(16-19-12)10-8(14)4-3-5-9(10)15/h3-5,17-18H,6H2,1-2H3. The monoisotopic (exact) mass is 301 g/mol. The molecule has 0 amide bonds. The number of hydrogen-bond acceptors (Lipinski definition) is 4. The zero-order chi connectivity index (χ0) is 14.2. The highest BCUT2D eigenvalue weighted by Crippen LogP contribution is 2.38. The number of aliphatic hydroxyl groups excluding tert-OH is 1. The number of aliphatic hydroxyl groups is 2. The van der Waals surface area contributed by atoms with Gasteiger partial charge in [0.2, 0.25) is 0 Å². The molecule has 0 atom stereocenters. The molecule has 0 aliphatic heterocycles. The molecule has 1 aromatic carbocycles. The molecule has 0 bridgehead atoms. The average Bonchev–Trinajstić information content (AvgIpc) is 2.72. The second kappa shape index (κ2) is 5.13. The molecule has 0 saturated heterocycles. The summed E-state index contributed by atoms with van der Waals surface area (Å²) in [5.41, 5.74) is -0.0521. The van der Waals surface area contributed by atoms with Gasteiger partial charge in [-0.3, -0.25) is 0 Å². The van der Waals surface area contributed by atoms with Crippen molar-refractivity contribution in [3.05, 3.63) is 39.6 Å². The minimum absolute atomic E-state index is 0.195. The fourth-order valence-electron chi connectivity index (χ4n) is 1.86. The zero-order valence-electron chi connectivity index (χ0n) is 10.4. The summed E-state index contributed by atoms with van der Waals surface area (Å²) in [7, 11) is 0. The summed E-state index contributed by atoms with van der Waals surface area (Å²) in [4.78, 5) is 0. The van der Waals surface area contributed by atoms with E-state index in [-0.39, 0.29) is 12.4 Å². The summed E-state index contributed by atoms with van der Waals surface area (Å²) in [5.74, 6) is 0.195. The van der Waals surface area contributed by atoms with Gasteiger partial charge >= 0.3 is 0 Å². The summed E-state index contributed by atoms with van der Waals surface area (Å²) in [5, 5.41) is 24.2. The second-order valence-electron chi connectivity index (χ2n) is 4.65. The van der Waals surface area contributed by atoms with Gasteiger partial charge in [-0.15, -0.1) is 0 Å². The molecule has 1 heterocycles. The highest BCUT2D eigenvalue weighted by molar-refractivity contribution is 6.39. The molecular formula is C13H13Cl2NO3. The predicted octanol–water partition coefficient (Wildman–Crippen LogP) is 3.37. The van der Waals surface area contributed by atoms with Gasteiger partial charge in [-0.2, -0.15) is 0 Å². The smallest absolute Gasteiger partial charge is 0.173 e. The Bertz CT molecular complexity index is 582. The normalized spacial score (nSPS) is 11.9. The summed E-state index contributed by atoms with van der Waals surface area (Å²) < 4.78 is 5.14. The molecule has 0 fully saturated rings. The second-order valence-corrected chi connectivity index (χ2v) is 5.47. The Morgan fingerprint density at radius 1 is 1.26 bits per heavy atom. The van der Waals surface area contributed by atoms with Crippen molar-refractivity contribution in [2.24, 2.45) is 0 Å². The van der Waals surface area contributed by atoms with Gasteiger partial charge in [-0.05, 0) is 26.0 Å². The molecule has 1 aromatic heterocycles. The quantitative estimate of drug-likeness (QED) is 0.912. The van der Waals surface area contributed by atoms with Crippen LogP contribution in [0.3, 0.4) is 0 Å². The summed E-state index contributed by atoms with van der Waals surface area (Å²) in [6, 6.07) is 5.05. The van der Waals surface area contributed by atoms with Crippen molar-refractivity contribution in [1.82, 2.24) is 5.16 Å². The van der Waals surface area contributed by atoms with E-state index in [0.717, 1.165) is 0 Å². The van der Waals surface area contributed by atoms with Crippen molar-refractivity contribution >= 4 is 23.2 Å². The maximum atomic E-state index is 9.99. The van der Waals surface area contributed by atoms with Crippen molar-refractivity contribution in [2.45, 2.75) is 26.1 Å². The van der Waals surface area contributed by atoms with Crippen LogP contribution in [0.25, 0.3) is 11.3 Å². The van der Waals surface area contributed by atoms with Gasteiger partial charge in [-0.1, -0.05) is 34.4 Å². The van der Waals surface area contributed by atoms with E-state index in [2.05, 4.69) is 5.16 Å². The van der Waals surface area contributed by atoms with Crippen LogP contribution in [0.15, 0.2) is 22.7 Å². The van der Waals surface area contributed by atoms with E-state index >= 15 is 0 Å². The third-order valence-electron chi connectivity index (χ3n) is 2.70. The van der Waals surface area contributed by atoms with Crippen LogP contribution in [-0.2, 0) is 12.2 Å². The Kier molecular flexibility index (Phi) is 3.87. The molecule has 0 radical (unpaired) electrons. The van der Waals surface area contributed by atoms with Crippen LogP contribution in [0, 0.1) is 0 Å². The van der Waals surface area contributed by atoms with E-state index in [4.69, 9.17) is 27.7 Å². The highest BCUT2D eigenvalue weighted by Gasteiger charge is 2.29. The Labute approximate surface area is 120 Å². The van der Waals surface area contributed by atoms with Crippen molar-refractivity contribution in [2.75, 3.05) is 0 Å². The van der Waals surface area contributed by atoms with Crippen molar-refractivity contribution < 1.29 is 14.7 Å². The zero-order valence-corrected chi connectivity index (χ0v) is 12.0. The number of nitrogens with zero attached hydrogens (tertiary/aromatic N) is 1. The lowest BCUT2D eigenvalue weighted by Gasteiger charge is -2.14. The molecule has 0 spiro atoms. The first-order valence-corrected chi connectivity index (χ1v) is 6.38. The van der Waals surface area contributed by atoms with Crippen molar-refractivity contribution in [3.63, 3.8) is 0 Å². The van der Waals surface area contributed by atoms with E-state index in [9.17, 15) is 10.2 Å². The number of halogens is 2. The Balaban J connectivity index is 2.68. The molecule has 2 rings (SSSR count). The molecular weight excluding hydrogens is 289 g/mol. The van der Waals surface area contributed by atoms with E-state index in [1.165, 1.54) is 0 Å². The third-order valence-corrected chi connectivity index (χ3v) is 3.33. The Morgan fingerprint density at radius 2 is 1.84 bits per heavy atom. The van der Waals surface area contributed by atoms with Crippen molar-refractivity contribution in [1.29, 1.82) is 0 Å². The van der Waals surface area contributed by atoms with E-state index in [1.807, 2.05) is 0 Å². The Hall–Kier alpha value is -1.07. The van der Waals surface area contributed by atoms with Crippen LogP contribution in [0.2, 0.25) is 10.0 Å². The minimum atomic E-state index is -1.25. The topological polar surface area (TPSA) is 66.5 Å². The number of benzene rings is 1. The summed E-state index contributed by atoms with van der Waals surface area (Å²) in [6.07, 6.45) is 0. The molecule has 0 aliphatic carbocycles. The van der Waals surface area contributed by atoms with Crippen LogP contribution in [0.5, 0.6) is 0 Å². The number of rotatable bonds is 3. The van der Waals surface area contributed by atoms with Gasteiger partial charge in [0.25, 0.3) is 0 Å². The van der Waals surface area contributed by atoms with Crippen molar-refractivity contribution in [3.8, 4) is 11.3 Å². The van der Waals surface area contributed by atoms with E-state index in [1.54, 1.807) is 32.0 Å². The summed E-state index contributed by atoms with van der Waals surface area (Å²) >= 11 is 12.2. The van der Waals surface area contributed by atoms with Crippen LogP contribution in [0.1, 0.15) is 25.2 Å².